The van der Waals surface area contributed by atoms with Gasteiger partial charge in [-0.05, 0) is 29.7 Å². The minimum atomic E-state index is -1.18. The van der Waals surface area contributed by atoms with Crippen molar-refractivity contribution >= 4 is 46.3 Å². The van der Waals surface area contributed by atoms with Crippen molar-refractivity contribution in [3.63, 3.8) is 0 Å². The van der Waals surface area contributed by atoms with E-state index >= 15 is 0 Å². The van der Waals surface area contributed by atoms with Crippen molar-refractivity contribution in [1.82, 2.24) is 4.90 Å². The maximum Gasteiger partial charge on any atom is 0.331 e. The number of aliphatic carboxylic acids is 1. The van der Waals surface area contributed by atoms with Gasteiger partial charge in [-0.2, -0.15) is 0 Å². The molecule has 0 aliphatic carbocycles. The minimum Gasteiger partial charge on any atom is -0.479 e. The summed E-state index contributed by atoms with van der Waals surface area (Å²) in [5.74, 6) is -0.394. The number of hydrogen-bond donors (Lipinski definition) is 1. The van der Waals surface area contributed by atoms with Gasteiger partial charge in [-0.1, -0.05) is 85.5 Å². The summed E-state index contributed by atoms with van der Waals surface area (Å²) >= 11 is 6.42. The lowest BCUT2D eigenvalue weighted by Gasteiger charge is -2.23. The third-order valence-electron chi connectivity index (χ3n) is 4.98. The first-order chi connectivity index (χ1) is 15.0. The van der Waals surface area contributed by atoms with Gasteiger partial charge in [0.05, 0.1) is 4.91 Å². The van der Waals surface area contributed by atoms with Gasteiger partial charge in [-0.3, -0.25) is 9.69 Å². The first-order valence-electron chi connectivity index (χ1n) is 9.72. The van der Waals surface area contributed by atoms with Crippen molar-refractivity contribution in [2.75, 3.05) is 0 Å². The monoisotopic (exact) mass is 449 g/mol. The molecule has 1 aliphatic rings. The summed E-state index contributed by atoms with van der Waals surface area (Å²) in [5.41, 5.74) is 2.67. The highest BCUT2D eigenvalue weighted by atomic mass is 32.2. The molecule has 1 saturated heterocycles. The number of thioether (sulfide) groups is 1. The molecule has 2 aromatic carbocycles. The Bertz CT molecular complexity index is 1170. The van der Waals surface area contributed by atoms with Crippen LogP contribution in [0.2, 0.25) is 0 Å². The Morgan fingerprint density at radius 3 is 2.48 bits per heavy atom. The molecule has 1 aliphatic heterocycles. The van der Waals surface area contributed by atoms with E-state index in [0.717, 1.165) is 28.6 Å². The van der Waals surface area contributed by atoms with E-state index in [1.807, 2.05) is 18.2 Å². The second-order valence-electron chi connectivity index (χ2n) is 6.96. The molecule has 31 heavy (non-hydrogen) atoms. The normalized spacial score (nSPS) is 16.2. The summed E-state index contributed by atoms with van der Waals surface area (Å²) < 4.78 is 6.10. The van der Waals surface area contributed by atoms with Crippen LogP contribution in [0, 0.1) is 0 Å². The summed E-state index contributed by atoms with van der Waals surface area (Å²) in [6.07, 6.45) is 2.57. The van der Waals surface area contributed by atoms with Crippen LogP contribution < -0.4 is 0 Å². The van der Waals surface area contributed by atoms with E-state index in [9.17, 15) is 14.7 Å². The molecule has 3 aromatic rings. The standard InChI is InChI=1S/C24H19NO4S2/c1-2-15-8-10-16(11-9-15)19-13-12-18(29-19)14-20-22(26)25(24(30)31-20)21(23(27)28)17-6-4-3-5-7-17/h3-14,21H,2H2,1H3,(H,27,28)/b20-14-. The lowest BCUT2D eigenvalue weighted by molar-refractivity contribution is -0.145. The smallest absolute Gasteiger partial charge is 0.331 e. The topological polar surface area (TPSA) is 70.8 Å². The van der Waals surface area contributed by atoms with Crippen LogP contribution in [-0.2, 0) is 16.0 Å². The lowest BCUT2D eigenvalue weighted by Crippen LogP contribution is -2.37. The Hall–Kier alpha value is -3.16. The van der Waals surface area contributed by atoms with E-state index in [1.165, 1.54) is 5.56 Å². The summed E-state index contributed by atoms with van der Waals surface area (Å²) in [5, 5.41) is 9.76. The molecule has 0 saturated carbocycles. The number of aryl methyl sites for hydroxylation is 1. The van der Waals surface area contributed by atoms with Crippen molar-refractivity contribution in [2.45, 2.75) is 19.4 Å². The van der Waals surface area contributed by atoms with Gasteiger partial charge in [0.25, 0.3) is 5.91 Å². The fourth-order valence-electron chi connectivity index (χ4n) is 3.36. The molecule has 1 fully saturated rings. The van der Waals surface area contributed by atoms with Crippen molar-refractivity contribution in [2.24, 2.45) is 0 Å². The van der Waals surface area contributed by atoms with E-state index in [-0.39, 0.29) is 4.32 Å². The number of hydrogen-bond acceptors (Lipinski definition) is 5. The first kappa shape index (κ1) is 21.1. The molecule has 4 rings (SSSR count). The van der Waals surface area contributed by atoms with Crippen molar-refractivity contribution in [1.29, 1.82) is 0 Å². The van der Waals surface area contributed by atoms with Crippen LogP contribution in [0.15, 0.2) is 76.1 Å². The van der Waals surface area contributed by atoms with Gasteiger partial charge < -0.3 is 9.52 Å². The average molecular weight is 450 g/mol. The van der Waals surface area contributed by atoms with E-state index in [2.05, 4.69) is 19.1 Å². The van der Waals surface area contributed by atoms with Crippen LogP contribution in [0.1, 0.15) is 29.9 Å². The van der Waals surface area contributed by atoms with E-state index in [0.29, 0.717) is 22.0 Å². The predicted molar refractivity (Wildman–Crippen MR) is 125 cm³/mol. The summed E-state index contributed by atoms with van der Waals surface area (Å²) in [6.45, 7) is 2.10. The minimum absolute atomic E-state index is 0.203. The van der Waals surface area contributed by atoms with Crippen LogP contribution in [0.4, 0.5) is 0 Å². The zero-order valence-corrected chi connectivity index (χ0v) is 18.3. The predicted octanol–water partition coefficient (Wildman–Crippen LogP) is 5.54. The van der Waals surface area contributed by atoms with Crippen LogP contribution in [0.5, 0.6) is 0 Å². The molecule has 1 atom stereocenters. The largest absolute Gasteiger partial charge is 0.479 e. The second-order valence-corrected chi connectivity index (χ2v) is 8.63. The quantitative estimate of drug-likeness (QED) is 0.394. The Kier molecular flexibility index (Phi) is 6.06. The number of carboxylic acid groups (broad SMARTS) is 1. The number of carboxylic acids is 1. The number of carbonyl (C=O) groups is 2. The SMILES string of the molecule is CCc1ccc(-c2ccc(/C=C3\SC(=S)N(C(C(=O)O)c4ccccc4)C3=O)o2)cc1. The van der Waals surface area contributed by atoms with Crippen molar-refractivity contribution in [3.8, 4) is 11.3 Å². The molecule has 2 heterocycles. The van der Waals surface area contributed by atoms with E-state index in [4.69, 9.17) is 16.6 Å². The molecule has 1 amide bonds. The average Bonchev–Trinajstić information content (AvgIpc) is 3.35. The highest BCUT2D eigenvalue weighted by Gasteiger charge is 2.41. The molecule has 1 N–H and O–H groups in total. The second kappa shape index (κ2) is 8.91. The summed E-state index contributed by atoms with van der Waals surface area (Å²) in [6, 6.07) is 19.1. The molecule has 1 unspecified atom stereocenters. The Morgan fingerprint density at radius 1 is 1.13 bits per heavy atom. The highest BCUT2D eigenvalue weighted by Crippen LogP contribution is 2.38. The summed E-state index contributed by atoms with van der Waals surface area (Å²) in [7, 11) is 0. The Balaban J connectivity index is 1.60. The third-order valence-corrected chi connectivity index (χ3v) is 6.31. The van der Waals surface area contributed by atoms with Gasteiger partial charge >= 0.3 is 5.97 Å². The number of amides is 1. The van der Waals surface area contributed by atoms with Crippen LogP contribution >= 0.6 is 24.0 Å². The molecule has 5 nitrogen and oxygen atoms in total. The number of carbonyl (C=O) groups excluding carboxylic acids is 1. The van der Waals surface area contributed by atoms with Crippen LogP contribution in [0.25, 0.3) is 17.4 Å². The van der Waals surface area contributed by atoms with E-state index in [1.54, 1.807) is 42.5 Å². The fraction of sp³-hybridized carbons (Fsp3) is 0.125. The van der Waals surface area contributed by atoms with Gasteiger partial charge in [0.15, 0.2) is 6.04 Å². The molecule has 156 valence electrons. The van der Waals surface area contributed by atoms with Gasteiger partial charge in [-0.15, -0.1) is 0 Å². The molecule has 0 radical (unpaired) electrons. The fourth-order valence-corrected chi connectivity index (χ4v) is 4.65. The van der Waals surface area contributed by atoms with Gasteiger partial charge in [0.1, 0.15) is 15.8 Å². The Morgan fingerprint density at radius 2 is 1.84 bits per heavy atom. The zero-order chi connectivity index (χ0) is 22.0. The highest BCUT2D eigenvalue weighted by molar-refractivity contribution is 8.26. The molecule has 7 heteroatoms. The number of nitrogens with zero attached hydrogens (tertiary/aromatic N) is 1. The van der Waals surface area contributed by atoms with Gasteiger partial charge in [0.2, 0.25) is 0 Å². The third kappa shape index (κ3) is 4.33. The number of thiocarbonyl (C=S) groups is 1. The van der Waals surface area contributed by atoms with E-state index < -0.39 is 17.9 Å². The van der Waals surface area contributed by atoms with Crippen molar-refractivity contribution < 1.29 is 19.1 Å². The van der Waals surface area contributed by atoms with Gasteiger partial charge in [-0.25, -0.2) is 4.79 Å². The molecule has 1 aromatic heterocycles. The van der Waals surface area contributed by atoms with Crippen molar-refractivity contribution in [3.05, 3.63) is 88.5 Å². The van der Waals surface area contributed by atoms with Crippen LogP contribution in [0.3, 0.4) is 0 Å². The molecule has 0 spiro atoms. The first-order valence-corrected chi connectivity index (χ1v) is 10.9. The zero-order valence-electron chi connectivity index (χ0n) is 16.6. The maximum atomic E-state index is 13.0. The Labute approximate surface area is 189 Å². The number of furan rings is 1. The van der Waals surface area contributed by atoms with Crippen LogP contribution in [-0.4, -0.2) is 26.2 Å². The number of benzene rings is 2. The number of rotatable bonds is 6. The molecular formula is C24H19NO4S2. The maximum absolute atomic E-state index is 13.0. The van der Waals surface area contributed by atoms with Gasteiger partial charge in [0, 0.05) is 11.6 Å². The molecule has 0 bridgehead atoms. The molecular weight excluding hydrogens is 430 g/mol. The lowest BCUT2D eigenvalue weighted by atomic mass is 10.1. The summed E-state index contributed by atoms with van der Waals surface area (Å²) in [4.78, 5) is 26.5.